The minimum absolute atomic E-state index is 0.542. The lowest BCUT2D eigenvalue weighted by molar-refractivity contribution is 0.305. The van der Waals surface area contributed by atoms with E-state index in [0.29, 0.717) is 6.61 Å². The molecule has 1 aromatic carbocycles. The molecular formula is C15H20N2OS. The Balaban J connectivity index is 1.94. The molecule has 0 amide bonds. The van der Waals surface area contributed by atoms with Crippen LogP contribution in [0.15, 0.2) is 24.3 Å². The van der Waals surface area contributed by atoms with Gasteiger partial charge < -0.3 is 10.1 Å². The molecule has 0 aliphatic rings. The molecule has 19 heavy (non-hydrogen) atoms. The topological polar surface area (TPSA) is 34.1 Å². The van der Waals surface area contributed by atoms with Gasteiger partial charge in [0.05, 0.1) is 5.69 Å². The van der Waals surface area contributed by atoms with Crippen LogP contribution >= 0.6 is 11.3 Å². The molecule has 2 aromatic rings. The van der Waals surface area contributed by atoms with Crippen molar-refractivity contribution in [3.63, 3.8) is 0 Å². The lowest BCUT2D eigenvalue weighted by atomic mass is 10.2. The first kappa shape index (κ1) is 14.0. The summed E-state index contributed by atoms with van der Waals surface area (Å²) in [6.07, 6.45) is 0. The number of ether oxygens (including phenoxy) is 1. The van der Waals surface area contributed by atoms with Crippen LogP contribution in [0.4, 0.5) is 0 Å². The van der Waals surface area contributed by atoms with Crippen LogP contribution < -0.4 is 10.1 Å². The minimum Gasteiger partial charge on any atom is -0.486 e. The first-order chi connectivity index (χ1) is 9.19. The summed E-state index contributed by atoms with van der Waals surface area (Å²) in [7, 11) is 0. The lowest BCUT2D eigenvalue weighted by Crippen LogP contribution is -2.11. The second-order valence-corrected chi connectivity index (χ2v) is 5.67. The van der Waals surface area contributed by atoms with Crippen LogP contribution in [-0.2, 0) is 13.2 Å². The van der Waals surface area contributed by atoms with Crippen molar-refractivity contribution < 1.29 is 4.74 Å². The van der Waals surface area contributed by atoms with Crippen LogP contribution in [0.1, 0.15) is 28.1 Å². The number of thiazole rings is 1. The first-order valence-corrected chi connectivity index (χ1v) is 7.36. The van der Waals surface area contributed by atoms with Gasteiger partial charge in [0.15, 0.2) is 0 Å². The number of hydrogen-bond donors (Lipinski definition) is 1. The van der Waals surface area contributed by atoms with Gasteiger partial charge in [0.2, 0.25) is 0 Å². The van der Waals surface area contributed by atoms with Gasteiger partial charge >= 0.3 is 0 Å². The van der Waals surface area contributed by atoms with E-state index in [1.807, 2.05) is 12.1 Å². The zero-order valence-electron chi connectivity index (χ0n) is 11.7. The normalized spacial score (nSPS) is 10.7. The van der Waals surface area contributed by atoms with E-state index < -0.39 is 0 Å². The van der Waals surface area contributed by atoms with Crippen LogP contribution in [0.3, 0.4) is 0 Å². The molecule has 0 aliphatic heterocycles. The van der Waals surface area contributed by atoms with E-state index in [0.717, 1.165) is 29.5 Å². The van der Waals surface area contributed by atoms with Crippen molar-refractivity contribution in [2.24, 2.45) is 0 Å². The van der Waals surface area contributed by atoms with Crippen molar-refractivity contribution in [3.8, 4) is 5.75 Å². The molecule has 3 nitrogen and oxygen atoms in total. The van der Waals surface area contributed by atoms with E-state index in [-0.39, 0.29) is 0 Å². The average molecular weight is 276 g/mol. The third kappa shape index (κ3) is 4.04. The molecule has 1 aromatic heterocycles. The number of nitrogens with one attached hydrogen (secondary N) is 1. The fourth-order valence-electron chi connectivity index (χ4n) is 1.73. The van der Waals surface area contributed by atoms with Crippen LogP contribution in [0.5, 0.6) is 5.75 Å². The average Bonchev–Trinajstić information content (AvgIpc) is 2.76. The first-order valence-electron chi connectivity index (χ1n) is 6.54. The Kier molecular flexibility index (Phi) is 4.93. The maximum Gasteiger partial charge on any atom is 0.140 e. The molecule has 0 saturated heterocycles. The SMILES string of the molecule is CCNCc1sc(COc2ccc(C)cc2)nc1C. The van der Waals surface area contributed by atoms with Crippen molar-refractivity contribution in [1.82, 2.24) is 10.3 Å². The van der Waals surface area contributed by atoms with Gasteiger partial charge in [0.1, 0.15) is 17.4 Å². The van der Waals surface area contributed by atoms with E-state index in [9.17, 15) is 0 Å². The summed E-state index contributed by atoms with van der Waals surface area (Å²) in [5.74, 6) is 0.895. The second-order valence-electron chi connectivity index (χ2n) is 4.50. The Morgan fingerprint density at radius 1 is 1.21 bits per heavy atom. The summed E-state index contributed by atoms with van der Waals surface area (Å²) in [6.45, 7) is 8.65. The van der Waals surface area contributed by atoms with E-state index in [2.05, 4.69) is 43.2 Å². The van der Waals surface area contributed by atoms with Gasteiger partial charge in [-0.2, -0.15) is 0 Å². The Bertz CT molecular complexity index is 519. The summed E-state index contributed by atoms with van der Waals surface area (Å²) in [4.78, 5) is 5.85. The van der Waals surface area contributed by atoms with Gasteiger partial charge in [-0.05, 0) is 32.5 Å². The fraction of sp³-hybridized carbons (Fsp3) is 0.400. The van der Waals surface area contributed by atoms with Gasteiger partial charge in [0, 0.05) is 11.4 Å². The third-order valence-electron chi connectivity index (χ3n) is 2.86. The summed E-state index contributed by atoms with van der Waals surface area (Å²) in [6, 6.07) is 8.10. The Hall–Kier alpha value is -1.39. The van der Waals surface area contributed by atoms with E-state index in [4.69, 9.17) is 4.74 Å². The predicted molar refractivity (Wildman–Crippen MR) is 79.7 cm³/mol. The molecule has 0 saturated carbocycles. The molecule has 0 bridgehead atoms. The molecule has 102 valence electrons. The Morgan fingerprint density at radius 2 is 1.95 bits per heavy atom. The van der Waals surface area contributed by atoms with Crippen LogP contribution in [0, 0.1) is 13.8 Å². The number of aromatic nitrogens is 1. The summed E-state index contributed by atoms with van der Waals surface area (Å²) in [5.41, 5.74) is 2.35. The molecular weight excluding hydrogens is 256 g/mol. The molecule has 4 heteroatoms. The van der Waals surface area contributed by atoms with Crippen molar-refractivity contribution in [2.75, 3.05) is 6.54 Å². The van der Waals surface area contributed by atoms with Crippen molar-refractivity contribution in [2.45, 2.75) is 33.9 Å². The van der Waals surface area contributed by atoms with E-state index in [1.54, 1.807) is 11.3 Å². The fourth-order valence-corrected chi connectivity index (χ4v) is 2.68. The number of rotatable bonds is 6. The zero-order valence-corrected chi connectivity index (χ0v) is 12.5. The van der Waals surface area contributed by atoms with Gasteiger partial charge in [-0.3, -0.25) is 0 Å². The van der Waals surface area contributed by atoms with Gasteiger partial charge in [0.25, 0.3) is 0 Å². The zero-order chi connectivity index (χ0) is 13.7. The van der Waals surface area contributed by atoms with Crippen molar-refractivity contribution >= 4 is 11.3 Å². The van der Waals surface area contributed by atoms with Crippen LogP contribution in [0.25, 0.3) is 0 Å². The summed E-state index contributed by atoms with van der Waals surface area (Å²) >= 11 is 1.72. The molecule has 1 heterocycles. The van der Waals surface area contributed by atoms with E-state index >= 15 is 0 Å². The molecule has 0 unspecified atom stereocenters. The quantitative estimate of drug-likeness (QED) is 0.877. The molecule has 0 atom stereocenters. The maximum absolute atomic E-state index is 5.75. The van der Waals surface area contributed by atoms with Gasteiger partial charge in [-0.1, -0.05) is 24.6 Å². The highest BCUT2D eigenvalue weighted by molar-refractivity contribution is 7.11. The molecule has 0 aliphatic carbocycles. The van der Waals surface area contributed by atoms with Crippen LogP contribution in [0.2, 0.25) is 0 Å². The third-order valence-corrected chi connectivity index (χ3v) is 3.99. The second kappa shape index (κ2) is 6.68. The minimum atomic E-state index is 0.542. The highest BCUT2D eigenvalue weighted by Crippen LogP contribution is 2.20. The maximum atomic E-state index is 5.75. The van der Waals surface area contributed by atoms with Crippen molar-refractivity contribution in [3.05, 3.63) is 45.4 Å². The van der Waals surface area contributed by atoms with E-state index in [1.165, 1.54) is 10.4 Å². The molecule has 2 rings (SSSR count). The number of nitrogens with zero attached hydrogens (tertiary/aromatic N) is 1. The largest absolute Gasteiger partial charge is 0.486 e. The highest BCUT2D eigenvalue weighted by Gasteiger charge is 2.07. The van der Waals surface area contributed by atoms with Crippen LogP contribution in [-0.4, -0.2) is 11.5 Å². The number of hydrogen-bond acceptors (Lipinski definition) is 4. The Morgan fingerprint density at radius 3 is 2.63 bits per heavy atom. The number of aryl methyl sites for hydroxylation is 2. The lowest BCUT2D eigenvalue weighted by Gasteiger charge is -2.03. The smallest absolute Gasteiger partial charge is 0.140 e. The van der Waals surface area contributed by atoms with Gasteiger partial charge in [-0.25, -0.2) is 4.98 Å². The highest BCUT2D eigenvalue weighted by atomic mass is 32.1. The molecule has 0 radical (unpaired) electrons. The predicted octanol–water partition coefficient (Wildman–Crippen LogP) is 3.45. The molecule has 1 N–H and O–H groups in total. The molecule has 0 spiro atoms. The number of benzene rings is 1. The Labute approximate surface area is 118 Å². The monoisotopic (exact) mass is 276 g/mol. The van der Waals surface area contributed by atoms with Crippen molar-refractivity contribution in [1.29, 1.82) is 0 Å². The molecule has 0 fully saturated rings. The summed E-state index contributed by atoms with van der Waals surface area (Å²) < 4.78 is 5.75. The summed E-state index contributed by atoms with van der Waals surface area (Å²) in [5, 5.41) is 4.36. The van der Waals surface area contributed by atoms with Gasteiger partial charge in [-0.15, -0.1) is 11.3 Å². The standard InChI is InChI=1S/C15H20N2OS/c1-4-16-9-14-12(3)17-15(19-14)10-18-13-7-5-11(2)6-8-13/h5-8,16H,4,9-10H2,1-3H3.